The molecule has 0 unspecified atom stereocenters. The molecule has 67 heavy (non-hydrogen) atoms. The number of rotatable bonds is 23. The molecule has 366 valence electrons. The Labute approximate surface area is 405 Å². The van der Waals surface area contributed by atoms with E-state index in [1.807, 2.05) is 25.1 Å². The van der Waals surface area contributed by atoms with E-state index in [4.69, 9.17) is 9.47 Å². The van der Waals surface area contributed by atoms with Gasteiger partial charge in [-0.05, 0) is 153 Å². The summed E-state index contributed by atoms with van der Waals surface area (Å²) in [6.07, 6.45) is 20.3. The molecule has 6 nitrogen and oxygen atoms in total. The fourth-order valence-corrected chi connectivity index (χ4v) is 10.5. The summed E-state index contributed by atoms with van der Waals surface area (Å²) in [6.45, 7) is 26.2. The molecule has 1 aliphatic rings. The summed E-state index contributed by atoms with van der Waals surface area (Å²) < 4.78 is 11.3. The lowest BCUT2D eigenvalue weighted by atomic mass is 9.70. The highest BCUT2D eigenvalue weighted by Crippen LogP contribution is 2.43. The van der Waals surface area contributed by atoms with Gasteiger partial charge in [0.2, 0.25) is 0 Å². The Bertz CT molecular complexity index is 2240. The fraction of sp³-hybridized carbons (Fsp3) is 0.525. The molecule has 1 saturated heterocycles. The molecular formula is C61H86O6. The van der Waals surface area contributed by atoms with Gasteiger partial charge >= 0.3 is 5.97 Å². The first-order valence-electron chi connectivity index (χ1n) is 25.7. The third kappa shape index (κ3) is 13.8. The highest BCUT2D eigenvalue weighted by atomic mass is 16.6. The average molecular weight is 915 g/mol. The minimum Gasteiger partial charge on any atom is -0.508 e. The number of aryl methyl sites for hydroxylation is 4. The van der Waals surface area contributed by atoms with Crippen LogP contribution in [0.2, 0.25) is 0 Å². The number of phenols is 1. The van der Waals surface area contributed by atoms with Crippen LogP contribution in [0.5, 0.6) is 11.5 Å². The first-order chi connectivity index (χ1) is 31.9. The van der Waals surface area contributed by atoms with E-state index in [2.05, 4.69) is 155 Å². The van der Waals surface area contributed by atoms with Gasteiger partial charge in [0.15, 0.2) is 0 Å². The zero-order valence-electron chi connectivity index (χ0n) is 43.5. The first-order valence-corrected chi connectivity index (χ1v) is 25.7. The number of cyclic esters (lactones) is 1. The summed E-state index contributed by atoms with van der Waals surface area (Å²) >= 11 is 0. The van der Waals surface area contributed by atoms with E-state index in [0.717, 1.165) is 111 Å². The quantitative estimate of drug-likeness (QED) is 0.0642. The Balaban J connectivity index is 0.000000299. The number of hydrogen-bond donors (Lipinski definition) is 3. The van der Waals surface area contributed by atoms with Gasteiger partial charge in [0.25, 0.3) is 0 Å². The molecule has 0 aromatic heterocycles. The van der Waals surface area contributed by atoms with Crippen molar-refractivity contribution in [1.82, 2.24) is 0 Å². The van der Waals surface area contributed by atoms with Crippen molar-refractivity contribution in [2.45, 2.75) is 201 Å². The predicted molar refractivity (Wildman–Crippen MR) is 281 cm³/mol. The van der Waals surface area contributed by atoms with Gasteiger partial charge in [-0.1, -0.05) is 166 Å². The van der Waals surface area contributed by atoms with E-state index < -0.39 is 11.2 Å². The summed E-state index contributed by atoms with van der Waals surface area (Å²) in [5, 5.41) is 31.9. The second-order valence-electron chi connectivity index (χ2n) is 19.5. The number of aliphatic hydroxyl groups is 2. The maximum atomic E-state index is 11.4. The molecule has 6 heteroatoms. The van der Waals surface area contributed by atoms with Crippen molar-refractivity contribution < 1.29 is 29.6 Å². The standard InChI is InChI=1S/C33H46O4.C28H40O2/c1-7-18-32(35,19-8-2)20-17-26-11-12-27(21-24(26)5)33(9-3,10-4)28-13-15-30(25(6)22-28)36-23-29-14-16-31(34)37-29;1-7-16-27(30,17-8-2)18-15-23-11-12-24(19-21(23)5)28(9-3,10-4)25-13-14-26(29)22(6)20-25/h11-13,15,17,20-22,29,35H,7-10,14,16,18-19,23H2,1-6H3;11-15,18-20,29-30H,7-10,16-17H2,1-6H3/b20-17+;18-15+/t29-;/m0./s1. The largest absolute Gasteiger partial charge is 0.508 e. The molecule has 5 rings (SSSR count). The van der Waals surface area contributed by atoms with Crippen LogP contribution < -0.4 is 4.74 Å². The molecular weight excluding hydrogens is 829 g/mol. The van der Waals surface area contributed by atoms with Crippen molar-refractivity contribution in [2.24, 2.45) is 0 Å². The lowest BCUT2D eigenvalue weighted by Crippen LogP contribution is -2.26. The third-order valence-electron chi connectivity index (χ3n) is 14.8. The van der Waals surface area contributed by atoms with Crippen LogP contribution in [0.4, 0.5) is 0 Å². The molecule has 1 aliphatic heterocycles. The average Bonchev–Trinajstić information content (AvgIpc) is 3.73. The number of hydrogen-bond acceptors (Lipinski definition) is 6. The normalized spacial score (nSPS) is 14.7. The predicted octanol–water partition coefficient (Wildman–Crippen LogP) is 15.3. The maximum Gasteiger partial charge on any atom is 0.306 e. The highest BCUT2D eigenvalue weighted by molar-refractivity contribution is 5.71. The second-order valence-corrected chi connectivity index (χ2v) is 19.5. The van der Waals surface area contributed by atoms with Crippen LogP contribution in [0, 0.1) is 27.7 Å². The Morgan fingerprint density at radius 2 is 0.955 bits per heavy atom. The van der Waals surface area contributed by atoms with Crippen LogP contribution >= 0.6 is 0 Å². The maximum absolute atomic E-state index is 11.4. The number of phenolic OH excluding ortho intramolecular Hbond substituents is 1. The molecule has 0 amide bonds. The second kappa shape index (κ2) is 25.1. The number of carbonyl (C=O) groups is 1. The number of esters is 1. The van der Waals surface area contributed by atoms with Gasteiger partial charge in [0.1, 0.15) is 24.2 Å². The topological polar surface area (TPSA) is 96.2 Å². The van der Waals surface area contributed by atoms with Crippen molar-refractivity contribution >= 4 is 18.1 Å². The number of aromatic hydroxyl groups is 1. The van der Waals surface area contributed by atoms with Gasteiger partial charge in [-0.25, -0.2) is 0 Å². The Morgan fingerprint density at radius 3 is 1.30 bits per heavy atom. The molecule has 1 fully saturated rings. The molecule has 4 aromatic carbocycles. The molecule has 4 aromatic rings. The lowest BCUT2D eigenvalue weighted by molar-refractivity contribution is -0.142. The van der Waals surface area contributed by atoms with Crippen LogP contribution in [-0.2, 0) is 20.4 Å². The van der Waals surface area contributed by atoms with E-state index in [0.29, 0.717) is 18.8 Å². The van der Waals surface area contributed by atoms with Gasteiger partial charge in [-0.2, -0.15) is 0 Å². The molecule has 0 spiro atoms. The lowest BCUT2D eigenvalue weighted by Gasteiger charge is -2.34. The van der Waals surface area contributed by atoms with Crippen molar-refractivity contribution in [2.75, 3.05) is 6.61 Å². The smallest absolute Gasteiger partial charge is 0.306 e. The SMILES string of the molecule is CCCC(O)(/C=C/c1ccc(C(CC)(CC)c2ccc(O)c(C)c2)cc1C)CCC.CCCC(O)(/C=C/c1ccc(C(CC)(CC)c2ccc(OC[C@@H]3CCC(=O)O3)c(C)c2)cc1C)CCC. The zero-order valence-corrected chi connectivity index (χ0v) is 43.5. The van der Waals surface area contributed by atoms with Crippen LogP contribution in [0.1, 0.15) is 201 Å². The van der Waals surface area contributed by atoms with Crippen molar-refractivity contribution in [1.29, 1.82) is 0 Å². The van der Waals surface area contributed by atoms with E-state index in [1.54, 1.807) is 0 Å². The molecule has 0 saturated carbocycles. The fourth-order valence-electron chi connectivity index (χ4n) is 10.5. The van der Waals surface area contributed by atoms with Gasteiger partial charge < -0.3 is 24.8 Å². The van der Waals surface area contributed by atoms with E-state index in [-0.39, 0.29) is 22.9 Å². The number of benzene rings is 4. The van der Waals surface area contributed by atoms with E-state index in [9.17, 15) is 20.1 Å². The van der Waals surface area contributed by atoms with Crippen LogP contribution in [-0.4, -0.2) is 45.2 Å². The summed E-state index contributed by atoms with van der Waals surface area (Å²) in [6, 6.07) is 26.0. The Hall–Kier alpha value is -4.65. The highest BCUT2D eigenvalue weighted by Gasteiger charge is 2.33. The van der Waals surface area contributed by atoms with Gasteiger partial charge in [0.05, 0.1) is 11.2 Å². The van der Waals surface area contributed by atoms with E-state index >= 15 is 0 Å². The van der Waals surface area contributed by atoms with Crippen molar-refractivity contribution in [3.05, 3.63) is 141 Å². The molecule has 0 radical (unpaired) electrons. The molecule has 0 bridgehead atoms. The molecule has 1 heterocycles. The molecule has 0 aliphatic carbocycles. The first kappa shape index (κ1) is 55.0. The Morgan fingerprint density at radius 1 is 0.567 bits per heavy atom. The third-order valence-corrected chi connectivity index (χ3v) is 14.8. The van der Waals surface area contributed by atoms with E-state index in [1.165, 1.54) is 33.4 Å². The Kier molecular flexibility index (Phi) is 20.6. The number of carbonyl (C=O) groups excluding carboxylic acids is 1. The molecule has 3 N–H and O–H groups in total. The minimum absolute atomic E-state index is 0.0728. The van der Waals surface area contributed by atoms with Gasteiger partial charge in [-0.15, -0.1) is 0 Å². The number of ether oxygens (including phenoxy) is 2. The summed E-state index contributed by atoms with van der Waals surface area (Å²) in [5.41, 5.74) is 10.3. The van der Waals surface area contributed by atoms with Crippen molar-refractivity contribution in [3.63, 3.8) is 0 Å². The summed E-state index contributed by atoms with van der Waals surface area (Å²) in [7, 11) is 0. The summed E-state index contributed by atoms with van der Waals surface area (Å²) in [5.74, 6) is 1.06. The van der Waals surface area contributed by atoms with Crippen LogP contribution in [0.25, 0.3) is 12.2 Å². The van der Waals surface area contributed by atoms with Gasteiger partial charge in [-0.3, -0.25) is 4.79 Å². The molecule has 1 atom stereocenters. The summed E-state index contributed by atoms with van der Waals surface area (Å²) in [4.78, 5) is 11.4. The van der Waals surface area contributed by atoms with Crippen LogP contribution in [0.3, 0.4) is 0 Å². The van der Waals surface area contributed by atoms with Gasteiger partial charge in [0, 0.05) is 17.3 Å². The zero-order chi connectivity index (χ0) is 49.4. The monoisotopic (exact) mass is 915 g/mol. The van der Waals surface area contributed by atoms with Crippen molar-refractivity contribution in [3.8, 4) is 11.5 Å². The minimum atomic E-state index is -0.730. The van der Waals surface area contributed by atoms with Crippen LogP contribution in [0.15, 0.2) is 84.9 Å².